The molecule has 2 aliphatic rings. The minimum absolute atomic E-state index is 0.387. The maximum atomic E-state index is 5.60. The van der Waals surface area contributed by atoms with E-state index in [4.69, 9.17) is 9.15 Å². The quantitative estimate of drug-likeness (QED) is 0.797. The molecule has 2 fully saturated rings. The fourth-order valence-electron chi connectivity index (χ4n) is 4.78. The average molecular weight is 355 g/mol. The second-order valence-electron chi connectivity index (χ2n) is 7.91. The third-order valence-electron chi connectivity index (χ3n) is 6.20. The highest BCUT2D eigenvalue weighted by Crippen LogP contribution is 2.45. The van der Waals surface area contributed by atoms with E-state index in [-0.39, 0.29) is 0 Å². The first kappa shape index (κ1) is 17.7. The van der Waals surface area contributed by atoms with Gasteiger partial charge in [-0.2, -0.15) is 0 Å². The molecule has 0 aliphatic carbocycles. The van der Waals surface area contributed by atoms with Gasteiger partial charge in [0.25, 0.3) is 0 Å². The monoisotopic (exact) mass is 355 g/mol. The highest BCUT2D eigenvalue weighted by atomic mass is 16.5. The number of ether oxygens (including phenoxy) is 1. The van der Waals surface area contributed by atoms with Crippen LogP contribution < -0.4 is 0 Å². The van der Waals surface area contributed by atoms with Crippen LogP contribution in [-0.4, -0.2) is 54.7 Å². The van der Waals surface area contributed by atoms with Gasteiger partial charge < -0.3 is 9.15 Å². The van der Waals surface area contributed by atoms with Crippen LogP contribution in [0.3, 0.4) is 0 Å². The summed E-state index contributed by atoms with van der Waals surface area (Å²) < 4.78 is 10.8. The summed E-state index contributed by atoms with van der Waals surface area (Å²) in [5.74, 6) is 0.618. The number of methoxy groups -OCH3 is 1. The summed E-state index contributed by atoms with van der Waals surface area (Å²) in [4.78, 5) is 9.65. The Kier molecular flexibility index (Phi) is 5.38. The summed E-state index contributed by atoms with van der Waals surface area (Å²) >= 11 is 0. The zero-order chi connectivity index (χ0) is 17.8. The normalized spacial score (nSPS) is 23.7. The van der Waals surface area contributed by atoms with Gasteiger partial charge in [0.2, 0.25) is 0 Å². The Morgan fingerprint density at radius 2 is 2.08 bits per heavy atom. The molecule has 0 aromatic carbocycles. The lowest BCUT2D eigenvalue weighted by molar-refractivity contribution is 0.0350. The fourth-order valence-corrected chi connectivity index (χ4v) is 4.78. The minimum Gasteiger partial charge on any atom is -0.472 e. The molecular weight excluding hydrogens is 326 g/mol. The second kappa shape index (κ2) is 7.91. The predicted octanol–water partition coefficient (Wildman–Crippen LogP) is 3.04. The molecule has 4 heterocycles. The van der Waals surface area contributed by atoms with Crippen LogP contribution in [0.15, 0.2) is 47.4 Å². The van der Waals surface area contributed by atoms with Crippen molar-refractivity contribution in [3.63, 3.8) is 0 Å². The van der Waals surface area contributed by atoms with Gasteiger partial charge in [-0.15, -0.1) is 0 Å². The SMILES string of the molecule is COCC1CN(Cc2ccccn2)CC12CCN(Cc1ccoc1)CC2. The van der Waals surface area contributed by atoms with E-state index in [2.05, 4.69) is 33.0 Å². The molecule has 5 nitrogen and oxygen atoms in total. The standard InChI is InChI=1S/C21H29N3O2/c1-25-16-19-13-24(14-20-4-2-3-8-22-20)17-21(19)6-9-23(10-7-21)12-18-5-11-26-15-18/h2-5,8,11,15,19H,6-7,9-10,12-14,16-17H2,1H3. The summed E-state index contributed by atoms with van der Waals surface area (Å²) in [5.41, 5.74) is 2.83. The van der Waals surface area contributed by atoms with E-state index in [9.17, 15) is 0 Å². The second-order valence-corrected chi connectivity index (χ2v) is 7.91. The molecule has 0 saturated carbocycles. The molecule has 1 unspecified atom stereocenters. The van der Waals surface area contributed by atoms with Crippen molar-refractivity contribution >= 4 is 0 Å². The van der Waals surface area contributed by atoms with E-state index in [1.54, 1.807) is 6.26 Å². The Morgan fingerprint density at radius 3 is 2.77 bits per heavy atom. The van der Waals surface area contributed by atoms with E-state index in [0.29, 0.717) is 11.3 Å². The Labute approximate surface area is 156 Å². The predicted molar refractivity (Wildman–Crippen MR) is 101 cm³/mol. The number of aromatic nitrogens is 1. The molecule has 0 N–H and O–H groups in total. The maximum Gasteiger partial charge on any atom is 0.0947 e. The first-order valence-corrected chi connectivity index (χ1v) is 9.62. The van der Waals surface area contributed by atoms with Crippen LogP contribution in [0.2, 0.25) is 0 Å². The first-order valence-electron chi connectivity index (χ1n) is 9.62. The van der Waals surface area contributed by atoms with Crippen LogP contribution >= 0.6 is 0 Å². The Bertz CT molecular complexity index is 666. The number of pyridine rings is 1. The van der Waals surface area contributed by atoms with Crippen molar-refractivity contribution in [2.75, 3.05) is 39.9 Å². The van der Waals surface area contributed by atoms with E-state index in [0.717, 1.165) is 51.6 Å². The largest absolute Gasteiger partial charge is 0.472 e. The molecule has 4 rings (SSSR count). The van der Waals surface area contributed by atoms with Gasteiger partial charge in [0.15, 0.2) is 0 Å². The lowest BCUT2D eigenvalue weighted by Gasteiger charge is -2.42. The molecule has 1 atom stereocenters. The molecule has 2 aliphatic heterocycles. The van der Waals surface area contributed by atoms with Gasteiger partial charge in [0, 0.05) is 51.0 Å². The van der Waals surface area contributed by atoms with Crippen LogP contribution in [0.4, 0.5) is 0 Å². The van der Waals surface area contributed by atoms with Crippen LogP contribution in [0.5, 0.6) is 0 Å². The van der Waals surface area contributed by atoms with Gasteiger partial charge in [0.05, 0.1) is 24.8 Å². The van der Waals surface area contributed by atoms with Crippen LogP contribution in [0.25, 0.3) is 0 Å². The number of piperidine rings is 1. The smallest absolute Gasteiger partial charge is 0.0947 e. The highest BCUT2D eigenvalue weighted by Gasteiger charge is 2.47. The average Bonchev–Trinajstić information content (AvgIpc) is 3.27. The van der Waals surface area contributed by atoms with Crippen molar-refractivity contribution < 1.29 is 9.15 Å². The Balaban J connectivity index is 1.39. The van der Waals surface area contributed by atoms with Gasteiger partial charge in [-0.25, -0.2) is 0 Å². The first-order chi connectivity index (χ1) is 12.8. The molecule has 140 valence electrons. The summed E-state index contributed by atoms with van der Waals surface area (Å²) in [6.45, 7) is 7.40. The Morgan fingerprint density at radius 1 is 1.19 bits per heavy atom. The van der Waals surface area contributed by atoms with Gasteiger partial charge in [-0.3, -0.25) is 14.8 Å². The number of furan rings is 1. The van der Waals surface area contributed by atoms with E-state index in [1.165, 1.54) is 18.4 Å². The number of nitrogens with zero attached hydrogens (tertiary/aromatic N) is 3. The summed E-state index contributed by atoms with van der Waals surface area (Å²) in [6.07, 6.45) is 8.02. The molecular formula is C21H29N3O2. The third kappa shape index (κ3) is 3.85. The van der Waals surface area contributed by atoms with Gasteiger partial charge in [-0.1, -0.05) is 6.07 Å². The topological polar surface area (TPSA) is 41.7 Å². The molecule has 5 heteroatoms. The van der Waals surface area contributed by atoms with Crippen LogP contribution in [0.1, 0.15) is 24.1 Å². The van der Waals surface area contributed by atoms with Crippen LogP contribution in [0, 0.1) is 11.3 Å². The number of likely N-dealkylation sites (tertiary alicyclic amines) is 2. The molecule has 0 amide bonds. The maximum absolute atomic E-state index is 5.60. The third-order valence-corrected chi connectivity index (χ3v) is 6.20. The Hall–Kier alpha value is -1.69. The molecule has 2 aromatic rings. The van der Waals surface area contributed by atoms with Crippen molar-refractivity contribution in [2.45, 2.75) is 25.9 Å². The molecule has 2 saturated heterocycles. The number of hydrogen-bond acceptors (Lipinski definition) is 5. The van der Waals surface area contributed by atoms with E-state index in [1.807, 2.05) is 25.6 Å². The molecule has 0 bridgehead atoms. The van der Waals surface area contributed by atoms with Crippen LogP contribution in [-0.2, 0) is 17.8 Å². The summed E-state index contributed by atoms with van der Waals surface area (Å²) in [6, 6.07) is 8.26. The fraction of sp³-hybridized carbons (Fsp3) is 0.571. The van der Waals surface area contributed by atoms with Gasteiger partial charge >= 0.3 is 0 Å². The van der Waals surface area contributed by atoms with Crippen molar-refractivity contribution in [3.8, 4) is 0 Å². The summed E-state index contributed by atoms with van der Waals surface area (Å²) in [5, 5.41) is 0. The number of rotatable bonds is 6. The molecule has 26 heavy (non-hydrogen) atoms. The minimum atomic E-state index is 0.387. The molecule has 2 aromatic heterocycles. The zero-order valence-corrected chi connectivity index (χ0v) is 15.6. The molecule has 0 radical (unpaired) electrons. The highest BCUT2D eigenvalue weighted by molar-refractivity contribution is 5.08. The van der Waals surface area contributed by atoms with Gasteiger partial charge in [-0.05, 0) is 49.5 Å². The summed E-state index contributed by atoms with van der Waals surface area (Å²) in [7, 11) is 1.84. The van der Waals surface area contributed by atoms with E-state index < -0.39 is 0 Å². The van der Waals surface area contributed by atoms with Crippen molar-refractivity contribution in [1.29, 1.82) is 0 Å². The lowest BCUT2D eigenvalue weighted by Crippen LogP contribution is -2.44. The lowest BCUT2D eigenvalue weighted by atomic mass is 9.71. The zero-order valence-electron chi connectivity index (χ0n) is 15.6. The van der Waals surface area contributed by atoms with Gasteiger partial charge in [0.1, 0.15) is 0 Å². The van der Waals surface area contributed by atoms with E-state index >= 15 is 0 Å². The van der Waals surface area contributed by atoms with Crippen molar-refractivity contribution in [2.24, 2.45) is 11.3 Å². The number of hydrogen-bond donors (Lipinski definition) is 0. The van der Waals surface area contributed by atoms with Crippen molar-refractivity contribution in [1.82, 2.24) is 14.8 Å². The molecule has 1 spiro atoms. The van der Waals surface area contributed by atoms with Crippen molar-refractivity contribution in [3.05, 3.63) is 54.2 Å².